The van der Waals surface area contributed by atoms with Crippen LogP contribution in [-0.2, 0) is 12.8 Å². The smallest absolute Gasteiger partial charge is 0.276 e. The predicted molar refractivity (Wildman–Crippen MR) is 100 cm³/mol. The lowest BCUT2D eigenvalue weighted by molar-refractivity contribution is 0.102. The van der Waals surface area contributed by atoms with E-state index in [1.165, 1.54) is 12.1 Å². The van der Waals surface area contributed by atoms with Crippen LogP contribution in [0.5, 0.6) is 0 Å². The van der Waals surface area contributed by atoms with E-state index < -0.39 is 0 Å². The minimum atomic E-state index is -0.275. The Kier molecular flexibility index (Phi) is 3.53. The second-order valence-corrected chi connectivity index (χ2v) is 6.69. The monoisotopic (exact) mass is 361 g/mol. The molecule has 1 aromatic carbocycles. The zero-order valence-corrected chi connectivity index (χ0v) is 14.3. The number of nitrogens with one attached hydrogen (secondary N) is 3. The van der Waals surface area contributed by atoms with Crippen LogP contribution >= 0.6 is 0 Å². The van der Waals surface area contributed by atoms with E-state index in [2.05, 4.69) is 25.5 Å². The van der Waals surface area contributed by atoms with E-state index in [0.29, 0.717) is 17.0 Å². The summed E-state index contributed by atoms with van der Waals surface area (Å²) in [5.74, 6) is -0.507. The van der Waals surface area contributed by atoms with E-state index in [-0.39, 0.29) is 11.7 Å². The van der Waals surface area contributed by atoms with Gasteiger partial charge in [0.1, 0.15) is 11.5 Å². The molecular formula is C20H16FN5O. The largest absolute Gasteiger partial charge is 0.339 e. The fourth-order valence-electron chi connectivity index (χ4n) is 3.57. The molecular weight excluding hydrogens is 345 g/mol. The zero-order valence-electron chi connectivity index (χ0n) is 14.3. The second kappa shape index (κ2) is 6.05. The van der Waals surface area contributed by atoms with Crippen molar-refractivity contribution in [2.75, 3.05) is 5.32 Å². The SMILES string of the molecule is O=C(Nc1cnc2[nH]c(-c3ccc(F)cc3)cc2c1)c1n[nH]c2c1CCC2. The van der Waals surface area contributed by atoms with Gasteiger partial charge < -0.3 is 10.3 Å². The van der Waals surface area contributed by atoms with Crippen LogP contribution < -0.4 is 5.32 Å². The Morgan fingerprint density at radius 2 is 2.00 bits per heavy atom. The standard InChI is InChI=1S/C20H16FN5O/c21-13-6-4-11(5-7-13)17-9-12-8-14(10-22-19(12)24-17)23-20(27)18-15-2-1-3-16(15)25-26-18/h4-10H,1-3H2,(H,22,24)(H,23,27)(H,25,26). The summed E-state index contributed by atoms with van der Waals surface area (Å²) >= 11 is 0. The maximum Gasteiger partial charge on any atom is 0.276 e. The number of carbonyl (C=O) groups is 1. The number of aryl methyl sites for hydroxylation is 1. The molecule has 0 atom stereocenters. The number of pyridine rings is 1. The average molecular weight is 361 g/mol. The third kappa shape index (κ3) is 2.77. The van der Waals surface area contributed by atoms with Gasteiger partial charge in [0.25, 0.3) is 5.91 Å². The van der Waals surface area contributed by atoms with Gasteiger partial charge >= 0.3 is 0 Å². The van der Waals surface area contributed by atoms with Crippen molar-refractivity contribution in [3.05, 3.63) is 65.4 Å². The first-order chi connectivity index (χ1) is 13.2. The van der Waals surface area contributed by atoms with Crippen molar-refractivity contribution < 1.29 is 9.18 Å². The van der Waals surface area contributed by atoms with Crippen molar-refractivity contribution in [2.45, 2.75) is 19.3 Å². The number of nitrogens with zero attached hydrogens (tertiary/aromatic N) is 2. The molecule has 3 N–H and O–H groups in total. The number of carbonyl (C=O) groups excluding carboxylic acids is 1. The van der Waals surface area contributed by atoms with Crippen molar-refractivity contribution in [1.29, 1.82) is 0 Å². The molecule has 0 radical (unpaired) electrons. The first kappa shape index (κ1) is 15.7. The van der Waals surface area contributed by atoms with Gasteiger partial charge in [-0.25, -0.2) is 9.37 Å². The highest BCUT2D eigenvalue weighted by molar-refractivity contribution is 6.04. The lowest BCUT2D eigenvalue weighted by atomic mass is 10.1. The van der Waals surface area contributed by atoms with Crippen LogP contribution in [0.3, 0.4) is 0 Å². The molecule has 1 amide bonds. The molecule has 0 aliphatic heterocycles. The second-order valence-electron chi connectivity index (χ2n) is 6.69. The molecule has 6 nitrogen and oxygen atoms in total. The number of hydrogen-bond acceptors (Lipinski definition) is 3. The molecule has 1 aliphatic carbocycles. The zero-order chi connectivity index (χ0) is 18.4. The maximum absolute atomic E-state index is 13.1. The van der Waals surface area contributed by atoms with Gasteiger partial charge in [0, 0.05) is 22.3 Å². The number of halogens is 1. The van der Waals surface area contributed by atoms with Crippen molar-refractivity contribution in [3.63, 3.8) is 0 Å². The summed E-state index contributed by atoms with van der Waals surface area (Å²) in [6.45, 7) is 0. The molecule has 1 aliphatic rings. The van der Waals surface area contributed by atoms with Crippen molar-refractivity contribution >= 4 is 22.6 Å². The Bertz CT molecular complexity index is 1160. The molecule has 0 spiro atoms. The van der Waals surface area contributed by atoms with Crippen LogP contribution in [0.1, 0.15) is 28.2 Å². The van der Waals surface area contributed by atoms with Crippen LogP contribution in [0.4, 0.5) is 10.1 Å². The van der Waals surface area contributed by atoms with Gasteiger partial charge in [-0.15, -0.1) is 0 Å². The minimum absolute atomic E-state index is 0.232. The quantitative estimate of drug-likeness (QED) is 0.518. The fourth-order valence-corrected chi connectivity index (χ4v) is 3.57. The number of H-pyrrole nitrogens is 2. The normalized spacial score (nSPS) is 13.1. The van der Waals surface area contributed by atoms with Crippen molar-refractivity contribution in [2.24, 2.45) is 0 Å². The number of hydrogen-bond donors (Lipinski definition) is 3. The van der Waals surface area contributed by atoms with E-state index in [4.69, 9.17) is 0 Å². The van der Waals surface area contributed by atoms with Crippen LogP contribution in [-0.4, -0.2) is 26.1 Å². The number of benzene rings is 1. The molecule has 5 rings (SSSR count). The van der Waals surface area contributed by atoms with Crippen molar-refractivity contribution in [3.8, 4) is 11.3 Å². The average Bonchev–Trinajstić information content (AvgIpc) is 3.37. The van der Waals surface area contributed by atoms with Crippen LogP contribution in [0, 0.1) is 5.82 Å². The summed E-state index contributed by atoms with van der Waals surface area (Å²) < 4.78 is 13.1. The third-order valence-electron chi connectivity index (χ3n) is 4.90. The predicted octanol–water partition coefficient (Wildman–Crippen LogP) is 3.83. The van der Waals surface area contributed by atoms with Gasteiger partial charge in [-0.2, -0.15) is 5.10 Å². The van der Waals surface area contributed by atoms with E-state index in [0.717, 1.165) is 47.2 Å². The summed E-state index contributed by atoms with van der Waals surface area (Å²) in [4.78, 5) is 20.2. The van der Waals surface area contributed by atoms with E-state index in [1.54, 1.807) is 18.3 Å². The number of fused-ring (bicyclic) bond motifs is 2. The molecule has 27 heavy (non-hydrogen) atoms. The Morgan fingerprint density at radius 3 is 2.85 bits per heavy atom. The molecule has 3 heterocycles. The van der Waals surface area contributed by atoms with E-state index in [9.17, 15) is 9.18 Å². The molecule has 7 heteroatoms. The summed E-state index contributed by atoms with van der Waals surface area (Å²) in [7, 11) is 0. The number of rotatable bonds is 3. The number of anilines is 1. The lowest BCUT2D eigenvalue weighted by Crippen LogP contribution is -2.14. The fraction of sp³-hybridized carbons (Fsp3) is 0.150. The molecule has 0 fully saturated rings. The molecule has 0 unspecified atom stereocenters. The van der Waals surface area contributed by atoms with Crippen LogP contribution in [0.2, 0.25) is 0 Å². The summed E-state index contributed by atoms with van der Waals surface area (Å²) in [5.41, 5.74) is 5.55. The maximum atomic E-state index is 13.1. The first-order valence-corrected chi connectivity index (χ1v) is 8.79. The van der Waals surface area contributed by atoms with E-state index in [1.807, 2.05) is 12.1 Å². The molecule has 4 aromatic rings. The van der Waals surface area contributed by atoms with Gasteiger partial charge in [0.2, 0.25) is 0 Å². The highest BCUT2D eigenvalue weighted by Gasteiger charge is 2.23. The highest BCUT2D eigenvalue weighted by atomic mass is 19.1. The van der Waals surface area contributed by atoms with Crippen LogP contribution in [0.25, 0.3) is 22.3 Å². The topological polar surface area (TPSA) is 86.5 Å². The van der Waals surface area contributed by atoms with Gasteiger partial charge in [0.15, 0.2) is 5.69 Å². The van der Waals surface area contributed by atoms with Crippen LogP contribution in [0.15, 0.2) is 42.6 Å². The Balaban J connectivity index is 1.42. The first-order valence-electron chi connectivity index (χ1n) is 8.79. The Morgan fingerprint density at radius 1 is 1.15 bits per heavy atom. The third-order valence-corrected chi connectivity index (χ3v) is 4.90. The highest BCUT2D eigenvalue weighted by Crippen LogP contribution is 2.26. The molecule has 3 aromatic heterocycles. The number of amides is 1. The minimum Gasteiger partial charge on any atom is -0.339 e. The summed E-state index contributed by atoms with van der Waals surface area (Å²) in [6, 6.07) is 10.0. The Hall–Kier alpha value is -3.48. The van der Waals surface area contributed by atoms with E-state index >= 15 is 0 Å². The Labute approximate surface area is 153 Å². The lowest BCUT2D eigenvalue weighted by Gasteiger charge is -2.04. The number of aromatic amines is 2. The van der Waals surface area contributed by atoms with Gasteiger partial charge in [-0.1, -0.05) is 0 Å². The van der Waals surface area contributed by atoms with Gasteiger partial charge in [-0.3, -0.25) is 9.89 Å². The molecule has 134 valence electrons. The van der Waals surface area contributed by atoms with Gasteiger partial charge in [-0.05, 0) is 61.2 Å². The van der Waals surface area contributed by atoms with Crippen molar-refractivity contribution in [1.82, 2.24) is 20.2 Å². The summed E-state index contributed by atoms with van der Waals surface area (Å²) in [5, 5.41) is 10.8. The molecule has 0 saturated carbocycles. The number of aromatic nitrogens is 4. The molecule has 0 saturated heterocycles. The van der Waals surface area contributed by atoms with Gasteiger partial charge in [0.05, 0.1) is 11.9 Å². The summed E-state index contributed by atoms with van der Waals surface area (Å²) in [6.07, 6.45) is 4.48. The molecule has 0 bridgehead atoms.